The molecule has 0 aromatic rings. The van der Waals surface area contributed by atoms with Gasteiger partial charge in [0.05, 0.1) is 5.76 Å². The summed E-state index contributed by atoms with van der Waals surface area (Å²) >= 11 is 0. The number of allylic oxidation sites excluding steroid dienone is 7. The molecule has 0 aliphatic heterocycles. The van der Waals surface area contributed by atoms with Gasteiger partial charge in [0.15, 0.2) is 0 Å². The van der Waals surface area contributed by atoms with E-state index in [1.54, 1.807) is 6.92 Å². The summed E-state index contributed by atoms with van der Waals surface area (Å²) in [7, 11) is 0. The zero-order chi connectivity index (χ0) is 23.4. The van der Waals surface area contributed by atoms with E-state index in [4.69, 9.17) is 0 Å². The lowest BCUT2D eigenvalue weighted by atomic mass is 9.47. The molecular weight excluding hydrogens is 400 g/mol. The lowest BCUT2D eigenvalue weighted by Crippen LogP contribution is -2.49. The number of ketones is 1. The van der Waals surface area contributed by atoms with Crippen LogP contribution < -0.4 is 5.11 Å². The highest BCUT2D eigenvalue weighted by Gasteiger charge is 2.57. The first kappa shape index (κ1) is 22.9. The highest BCUT2D eigenvalue weighted by molar-refractivity contribution is 5.82. The number of rotatable bonds is 4. The predicted molar refractivity (Wildman–Crippen MR) is 125 cm³/mol. The van der Waals surface area contributed by atoms with E-state index in [1.165, 1.54) is 5.57 Å². The molecule has 4 rings (SSSR count). The second kappa shape index (κ2) is 7.97. The summed E-state index contributed by atoms with van der Waals surface area (Å²) in [6.07, 6.45) is 11.4. The maximum absolute atomic E-state index is 12.6. The summed E-state index contributed by atoms with van der Waals surface area (Å²) < 4.78 is 0. The zero-order valence-electron chi connectivity index (χ0n) is 20.0. The Hall–Kier alpha value is -2.23. The summed E-state index contributed by atoms with van der Waals surface area (Å²) in [5.74, 6) is 1.16. The third-order valence-electron chi connectivity index (χ3n) is 9.39. The average Bonchev–Trinajstić information content (AvgIpc) is 3.10. The molecule has 4 heteroatoms. The van der Waals surface area contributed by atoms with Crippen molar-refractivity contribution >= 4 is 5.78 Å². The molecule has 2 N–H and O–H groups in total. The second-order valence-corrected chi connectivity index (χ2v) is 10.9. The van der Waals surface area contributed by atoms with Crippen molar-refractivity contribution in [3.63, 3.8) is 0 Å². The standard InChI is InChI=1S/C28H38O4/c1-6-24(31)25(16(2)26(32)17(3)29)23-10-9-21-20-8-7-18-15-19(30)11-13-27(18,4)22(20)12-14-28(21,23)5/h7,10,20-22,29,31-32H,3,6,8-9,11-15H2,1-2,4-5H3/p-1/b25-24-,26-16+/t20?,21?,22?,27-,28-/m0/s1. The topological polar surface area (TPSA) is 80.6 Å². The van der Waals surface area contributed by atoms with Gasteiger partial charge < -0.3 is 15.3 Å². The van der Waals surface area contributed by atoms with Crippen molar-refractivity contribution in [2.45, 2.75) is 79.1 Å². The van der Waals surface area contributed by atoms with E-state index in [0.717, 1.165) is 37.7 Å². The zero-order valence-corrected chi connectivity index (χ0v) is 20.0. The van der Waals surface area contributed by atoms with Gasteiger partial charge in [-0.3, -0.25) is 4.79 Å². The first-order valence-corrected chi connectivity index (χ1v) is 12.2. The average molecular weight is 438 g/mol. The molecule has 0 radical (unpaired) electrons. The number of aliphatic hydroxyl groups is 2. The van der Waals surface area contributed by atoms with Crippen LogP contribution in [0.4, 0.5) is 0 Å². The number of aliphatic hydroxyl groups excluding tert-OH is 2. The molecule has 0 aromatic heterocycles. The molecule has 0 heterocycles. The maximum atomic E-state index is 12.6. The van der Waals surface area contributed by atoms with Gasteiger partial charge in [-0.05, 0) is 78.8 Å². The molecule has 4 aliphatic carbocycles. The van der Waals surface area contributed by atoms with Crippen molar-refractivity contribution in [1.29, 1.82) is 0 Å². The van der Waals surface area contributed by atoms with Gasteiger partial charge in [-0.1, -0.05) is 50.8 Å². The normalized spacial score (nSPS) is 37.9. The Morgan fingerprint density at radius 2 is 1.88 bits per heavy atom. The fraction of sp³-hybridized carbons (Fsp3) is 0.607. The Kier molecular flexibility index (Phi) is 5.71. The van der Waals surface area contributed by atoms with Crippen molar-refractivity contribution in [1.82, 2.24) is 0 Å². The van der Waals surface area contributed by atoms with Crippen LogP contribution >= 0.6 is 0 Å². The van der Waals surface area contributed by atoms with E-state index in [2.05, 4.69) is 32.6 Å². The molecular formula is C28H37O4-. The van der Waals surface area contributed by atoms with E-state index in [9.17, 15) is 20.1 Å². The monoisotopic (exact) mass is 437 g/mol. The lowest BCUT2D eigenvalue weighted by molar-refractivity contribution is -0.303. The van der Waals surface area contributed by atoms with Crippen LogP contribution in [0.5, 0.6) is 0 Å². The molecule has 4 aliphatic rings. The van der Waals surface area contributed by atoms with Crippen LogP contribution in [0.2, 0.25) is 0 Å². The SMILES string of the molecule is C=C(O)/C([O-])=C(C)\C(C1=CCC2C3CC=C4CC(=O)CC[C@]4(C)C3CC[C@]12C)=C(\O)CC. The highest BCUT2D eigenvalue weighted by Crippen LogP contribution is 2.66. The minimum atomic E-state index is -0.508. The molecule has 5 atom stereocenters. The number of fused-ring (bicyclic) bond motifs is 5. The van der Waals surface area contributed by atoms with Crippen LogP contribution in [0.15, 0.2) is 58.3 Å². The summed E-state index contributed by atoms with van der Waals surface area (Å²) in [6.45, 7) is 11.6. The van der Waals surface area contributed by atoms with Crippen molar-refractivity contribution in [3.05, 3.63) is 58.3 Å². The first-order chi connectivity index (χ1) is 15.0. The lowest BCUT2D eigenvalue weighted by Gasteiger charge is -2.57. The molecule has 32 heavy (non-hydrogen) atoms. The Balaban J connectivity index is 1.72. The van der Waals surface area contributed by atoms with E-state index in [1.807, 2.05) is 6.92 Å². The van der Waals surface area contributed by atoms with Crippen molar-refractivity contribution in [2.75, 3.05) is 0 Å². The van der Waals surface area contributed by atoms with E-state index in [-0.39, 0.29) is 16.6 Å². The summed E-state index contributed by atoms with van der Waals surface area (Å²) in [6, 6.07) is 0. The molecule has 0 saturated heterocycles. The van der Waals surface area contributed by atoms with Gasteiger partial charge in [0.2, 0.25) is 0 Å². The van der Waals surface area contributed by atoms with Crippen LogP contribution in [0.25, 0.3) is 0 Å². The molecule has 0 amide bonds. The predicted octanol–water partition coefficient (Wildman–Crippen LogP) is 5.98. The van der Waals surface area contributed by atoms with Crippen molar-refractivity contribution in [3.8, 4) is 0 Å². The van der Waals surface area contributed by atoms with Crippen molar-refractivity contribution in [2.24, 2.45) is 28.6 Å². The van der Waals surface area contributed by atoms with E-state index in [0.29, 0.717) is 53.9 Å². The van der Waals surface area contributed by atoms with Gasteiger partial charge in [0.25, 0.3) is 0 Å². The third kappa shape index (κ3) is 3.29. The Labute approximate surface area is 192 Å². The third-order valence-corrected chi connectivity index (χ3v) is 9.39. The van der Waals surface area contributed by atoms with Gasteiger partial charge in [-0.15, -0.1) is 0 Å². The molecule has 174 valence electrons. The Bertz CT molecular complexity index is 977. The van der Waals surface area contributed by atoms with Crippen LogP contribution in [-0.2, 0) is 4.79 Å². The molecule has 2 fully saturated rings. The maximum Gasteiger partial charge on any atom is 0.136 e. The minimum absolute atomic E-state index is 0.121. The smallest absolute Gasteiger partial charge is 0.136 e. The van der Waals surface area contributed by atoms with Gasteiger partial charge >= 0.3 is 0 Å². The number of carbonyl (C=O) groups excluding carboxylic acids is 1. The van der Waals surface area contributed by atoms with Crippen LogP contribution in [0.1, 0.15) is 79.1 Å². The summed E-state index contributed by atoms with van der Waals surface area (Å²) in [5, 5.41) is 33.2. The van der Waals surface area contributed by atoms with E-state index >= 15 is 0 Å². The number of Topliss-reactive ketones (excluding diaryl/α,β-unsaturated/α-hetero) is 1. The fourth-order valence-corrected chi connectivity index (χ4v) is 7.51. The molecule has 0 bridgehead atoms. The molecule has 2 saturated carbocycles. The van der Waals surface area contributed by atoms with Gasteiger partial charge in [0, 0.05) is 24.8 Å². The number of hydrogen-bond acceptors (Lipinski definition) is 4. The minimum Gasteiger partial charge on any atom is -0.870 e. The van der Waals surface area contributed by atoms with Gasteiger partial charge in [0.1, 0.15) is 11.5 Å². The quantitative estimate of drug-likeness (QED) is 0.322. The van der Waals surface area contributed by atoms with Crippen LogP contribution in [-0.4, -0.2) is 16.0 Å². The Morgan fingerprint density at radius 1 is 1.16 bits per heavy atom. The first-order valence-electron chi connectivity index (χ1n) is 12.2. The fourth-order valence-electron chi connectivity index (χ4n) is 7.51. The number of carbonyl (C=O) groups is 1. The van der Waals surface area contributed by atoms with Crippen LogP contribution in [0.3, 0.4) is 0 Å². The summed E-state index contributed by atoms with van der Waals surface area (Å²) in [5.41, 5.74) is 3.41. The highest BCUT2D eigenvalue weighted by atomic mass is 16.3. The van der Waals surface area contributed by atoms with Crippen LogP contribution in [0, 0.1) is 28.6 Å². The summed E-state index contributed by atoms with van der Waals surface area (Å²) in [4.78, 5) is 12.1. The Morgan fingerprint density at radius 3 is 2.53 bits per heavy atom. The van der Waals surface area contributed by atoms with Gasteiger partial charge in [-0.2, -0.15) is 0 Å². The molecule has 4 nitrogen and oxygen atoms in total. The molecule has 0 spiro atoms. The molecule has 0 aromatic carbocycles. The largest absolute Gasteiger partial charge is 0.870 e. The van der Waals surface area contributed by atoms with Gasteiger partial charge in [-0.25, -0.2) is 0 Å². The second-order valence-electron chi connectivity index (χ2n) is 10.9. The van der Waals surface area contributed by atoms with Crippen molar-refractivity contribution < 1.29 is 20.1 Å². The van der Waals surface area contributed by atoms with E-state index < -0.39 is 11.5 Å². The molecule has 3 unspecified atom stereocenters. The number of hydrogen-bond donors (Lipinski definition) is 2.